The summed E-state index contributed by atoms with van der Waals surface area (Å²) in [6.07, 6.45) is 8.83. The number of carbonyl (C=O) groups excluding carboxylic acids is 1. The van der Waals surface area contributed by atoms with Gasteiger partial charge in [0.05, 0.1) is 0 Å². The number of aldehydes is 1. The van der Waals surface area contributed by atoms with E-state index in [1.165, 1.54) is 18.4 Å². The van der Waals surface area contributed by atoms with Crippen molar-refractivity contribution in [3.63, 3.8) is 0 Å². The van der Waals surface area contributed by atoms with Crippen molar-refractivity contribution < 1.29 is 4.79 Å². The van der Waals surface area contributed by atoms with E-state index in [1.807, 2.05) is 16.8 Å². The number of carbonyl (C=O) groups is 1. The predicted octanol–water partition coefficient (Wildman–Crippen LogP) is 1.42. The summed E-state index contributed by atoms with van der Waals surface area (Å²) in [4.78, 5) is 18.7. The van der Waals surface area contributed by atoms with E-state index in [9.17, 15) is 4.79 Å². The number of hydrogen-bond donors (Lipinski definition) is 0. The van der Waals surface area contributed by atoms with Crippen LogP contribution in [0.5, 0.6) is 0 Å². The van der Waals surface area contributed by atoms with Crippen molar-refractivity contribution in [1.29, 1.82) is 0 Å². The average molecular weight is 187 g/mol. The first kappa shape index (κ1) is 7.67. The van der Waals surface area contributed by atoms with Gasteiger partial charge in [-0.3, -0.25) is 9.20 Å². The smallest absolute Gasteiger partial charge is 0.234 e. The van der Waals surface area contributed by atoms with E-state index in [2.05, 4.69) is 9.97 Å². The highest BCUT2D eigenvalue weighted by atomic mass is 16.1. The van der Waals surface area contributed by atoms with E-state index in [1.54, 1.807) is 6.20 Å². The van der Waals surface area contributed by atoms with Gasteiger partial charge in [-0.1, -0.05) is 0 Å². The maximum Gasteiger partial charge on any atom is 0.234 e. The van der Waals surface area contributed by atoms with Crippen LogP contribution in [0.25, 0.3) is 5.78 Å². The molecule has 2 aromatic rings. The Morgan fingerprint density at radius 2 is 2.29 bits per heavy atom. The summed E-state index contributed by atoms with van der Waals surface area (Å²) >= 11 is 0. The van der Waals surface area contributed by atoms with Crippen LogP contribution in [-0.4, -0.2) is 20.7 Å². The fourth-order valence-corrected chi connectivity index (χ4v) is 1.60. The van der Waals surface area contributed by atoms with Gasteiger partial charge in [0, 0.05) is 18.6 Å². The van der Waals surface area contributed by atoms with Gasteiger partial charge in [0.25, 0.3) is 0 Å². The summed E-state index contributed by atoms with van der Waals surface area (Å²) < 4.78 is 1.82. The summed E-state index contributed by atoms with van der Waals surface area (Å²) in [5.41, 5.74) is 1.68. The second-order valence-electron chi connectivity index (χ2n) is 3.65. The Labute approximate surface area is 80.6 Å². The third-order valence-corrected chi connectivity index (χ3v) is 2.52. The number of hydrogen-bond acceptors (Lipinski definition) is 3. The molecule has 14 heavy (non-hydrogen) atoms. The first-order chi connectivity index (χ1) is 6.86. The molecule has 1 fully saturated rings. The van der Waals surface area contributed by atoms with Crippen molar-refractivity contribution in [2.24, 2.45) is 0 Å². The molecule has 70 valence electrons. The van der Waals surface area contributed by atoms with Gasteiger partial charge in [0.1, 0.15) is 5.69 Å². The van der Waals surface area contributed by atoms with E-state index < -0.39 is 0 Å². The van der Waals surface area contributed by atoms with E-state index in [0.29, 0.717) is 17.4 Å². The van der Waals surface area contributed by atoms with Gasteiger partial charge in [-0.15, -0.1) is 0 Å². The zero-order valence-electron chi connectivity index (χ0n) is 7.55. The van der Waals surface area contributed by atoms with Crippen molar-refractivity contribution in [2.45, 2.75) is 18.8 Å². The normalized spacial score (nSPS) is 16.0. The van der Waals surface area contributed by atoms with Crippen molar-refractivity contribution in [2.75, 3.05) is 0 Å². The van der Waals surface area contributed by atoms with Crippen LogP contribution in [0.15, 0.2) is 18.6 Å². The van der Waals surface area contributed by atoms with Gasteiger partial charge in [-0.25, -0.2) is 9.97 Å². The molecular formula is C10H9N3O. The highest BCUT2D eigenvalue weighted by Crippen LogP contribution is 2.39. The fourth-order valence-electron chi connectivity index (χ4n) is 1.60. The minimum absolute atomic E-state index is 0.436. The fraction of sp³-hybridized carbons (Fsp3) is 0.300. The van der Waals surface area contributed by atoms with Crippen LogP contribution in [0.2, 0.25) is 0 Å². The number of imidazole rings is 1. The highest BCUT2D eigenvalue weighted by molar-refractivity contribution is 5.72. The monoisotopic (exact) mass is 187 g/mol. The molecule has 1 saturated carbocycles. The third kappa shape index (κ3) is 1.11. The highest BCUT2D eigenvalue weighted by Gasteiger charge is 2.24. The average Bonchev–Trinajstić information content (AvgIpc) is 2.97. The van der Waals surface area contributed by atoms with Crippen LogP contribution in [0, 0.1) is 0 Å². The second kappa shape index (κ2) is 2.64. The molecule has 0 spiro atoms. The Bertz CT molecular complexity index is 499. The lowest BCUT2D eigenvalue weighted by molar-refractivity contribution is 0.111. The minimum atomic E-state index is 0.436. The number of aromatic nitrogens is 3. The standard InChI is InChI=1S/C10H9N3O/c14-6-9-5-13-4-8(7-1-2-7)3-11-10(13)12-9/h3-7H,1-2H2. The maximum absolute atomic E-state index is 10.5. The molecule has 0 aromatic carbocycles. The molecule has 0 N–H and O–H groups in total. The lowest BCUT2D eigenvalue weighted by atomic mass is 10.2. The summed E-state index contributed by atoms with van der Waals surface area (Å²) in [6, 6.07) is 0. The van der Waals surface area contributed by atoms with E-state index in [0.717, 1.165) is 6.29 Å². The van der Waals surface area contributed by atoms with Crippen LogP contribution in [0.1, 0.15) is 34.8 Å². The molecule has 0 saturated heterocycles. The second-order valence-corrected chi connectivity index (χ2v) is 3.65. The van der Waals surface area contributed by atoms with E-state index in [4.69, 9.17) is 0 Å². The molecular weight excluding hydrogens is 178 g/mol. The van der Waals surface area contributed by atoms with Crippen LogP contribution in [0.4, 0.5) is 0 Å². The lowest BCUT2D eigenvalue weighted by Crippen LogP contribution is -1.90. The summed E-state index contributed by atoms with van der Waals surface area (Å²) in [5, 5.41) is 0. The molecule has 4 nitrogen and oxygen atoms in total. The Kier molecular flexibility index (Phi) is 1.45. The SMILES string of the molecule is O=Cc1cn2cc(C3CC3)cnc2n1. The van der Waals surface area contributed by atoms with Gasteiger partial charge in [-0.05, 0) is 24.3 Å². The van der Waals surface area contributed by atoms with Gasteiger partial charge >= 0.3 is 0 Å². The molecule has 0 radical (unpaired) electrons. The van der Waals surface area contributed by atoms with Crippen molar-refractivity contribution >= 4 is 12.1 Å². The van der Waals surface area contributed by atoms with Crippen molar-refractivity contribution in [1.82, 2.24) is 14.4 Å². The summed E-state index contributed by atoms with van der Waals surface area (Å²) in [7, 11) is 0. The molecule has 4 heteroatoms. The summed E-state index contributed by atoms with van der Waals surface area (Å²) in [6.45, 7) is 0. The maximum atomic E-state index is 10.5. The van der Waals surface area contributed by atoms with E-state index >= 15 is 0 Å². The number of fused-ring (bicyclic) bond motifs is 1. The van der Waals surface area contributed by atoms with Gasteiger partial charge in [0.15, 0.2) is 6.29 Å². The Morgan fingerprint density at radius 1 is 1.43 bits per heavy atom. The van der Waals surface area contributed by atoms with Crippen LogP contribution >= 0.6 is 0 Å². The zero-order valence-corrected chi connectivity index (χ0v) is 7.55. The molecule has 1 aliphatic rings. The van der Waals surface area contributed by atoms with Crippen LogP contribution in [0.3, 0.4) is 0 Å². The molecule has 0 bridgehead atoms. The molecule has 2 aromatic heterocycles. The number of rotatable bonds is 2. The minimum Gasteiger partial charge on any atom is -0.296 e. The predicted molar refractivity (Wildman–Crippen MR) is 50.3 cm³/mol. The van der Waals surface area contributed by atoms with Crippen molar-refractivity contribution in [3.05, 3.63) is 29.8 Å². The van der Waals surface area contributed by atoms with Crippen LogP contribution in [-0.2, 0) is 0 Å². The molecule has 1 aliphatic carbocycles. The van der Waals surface area contributed by atoms with Crippen LogP contribution < -0.4 is 0 Å². The molecule has 2 heterocycles. The van der Waals surface area contributed by atoms with E-state index in [-0.39, 0.29) is 0 Å². The number of nitrogens with zero attached hydrogens (tertiary/aromatic N) is 3. The molecule has 0 unspecified atom stereocenters. The lowest BCUT2D eigenvalue weighted by Gasteiger charge is -1.97. The van der Waals surface area contributed by atoms with Gasteiger partial charge in [0.2, 0.25) is 5.78 Å². The first-order valence-electron chi connectivity index (χ1n) is 4.66. The molecule has 0 aliphatic heterocycles. The molecule has 0 amide bonds. The topological polar surface area (TPSA) is 47.3 Å². The first-order valence-corrected chi connectivity index (χ1v) is 4.66. The van der Waals surface area contributed by atoms with Gasteiger partial charge < -0.3 is 0 Å². The van der Waals surface area contributed by atoms with Gasteiger partial charge in [-0.2, -0.15) is 0 Å². The largest absolute Gasteiger partial charge is 0.296 e. The Morgan fingerprint density at radius 3 is 3.00 bits per heavy atom. The zero-order chi connectivity index (χ0) is 9.54. The Balaban J connectivity index is 2.16. The summed E-state index contributed by atoms with van der Waals surface area (Å²) in [5.74, 6) is 1.27. The third-order valence-electron chi connectivity index (χ3n) is 2.52. The van der Waals surface area contributed by atoms with Crippen molar-refractivity contribution in [3.8, 4) is 0 Å². The quantitative estimate of drug-likeness (QED) is 0.668. The molecule has 3 rings (SSSR count). The molecule has 0 atom stereocenters. The Hall–Kier alpha value is -1.71.